The number of allylic oxidation sites excluding steroid dienone is 2. The molecule has 1 heteroatoms. The summed E-state index contributed by atoms with van der Waals surface area (Å²) in [5, 5.41) is 0. The number of carbonyl (C=O) groups excluding carboxylic acids is 1. The SMILES string of the molecule is CC(C=O)C1=CC2C(C)CCCC2(C)CC1. The summed E-state index contributed by atoms with van der Waals surface area (Å²) in [4.78, 5) is 10.9. The Bertz CT molecular complexity index is 305. The molecule has 0 saturated heterocycles. The molecule has 0 aliphatic heterocycles. The van der Waals surface area contributed by atoms with E-state index >= 15 is 0 Å². The van der Waals surface area contributed by atoms with E-state index in [-0.39, 0.29) is 5.92 Å². The van der Waals surface area contributed by atoms with Crippen LogP contribution in [0, 0.1) is 23.2 Å². The second kappa shape index (κ2) is 4.35. The zero-order valence-corrected chi connectivity index (χ0v) is 10.8. The molecule has 90 valence electrons. The Balaban J connectivity index is 2.24. The first-order valence-corrected chi connectivity index (χ1v) is 6.73. The molecule has 4 unspecified atom stereocenters. The van der Waals surface area contributed by atoms with Crippen molar-refractivity contribution < 1.29 is 4.79 Å². The van der Waals surface area contributed by atoms with Crippen LogP contribution in [0.3, 0.4) is 0 Å². The van der Waals surface area contributed by atoms with E-state index in [0.29, 0.717) is 11.3 Å². The summed E-state index contributed by atoms with van der Waals surface area (Å²) in [6, 6.07) is 0. The van der Waals surface area contributed by atoms with E-state index in [1.165, 1.54) is 31.3 Å². The van der Waals surface area contributed by atoms with E-state index in [4.69, 9.17) is 0 Å². The maximum Gasteiger partial charge on any atom is 0.126 e. The number of carbonyl (C=O) groups is 1. The second-order valence-electron chi connectivity index (χ2n) is 6.22. The first kappa shape index (κ1) is 11.9. The molecule has 4 atom stereocenters. The van der Waals surface area contributed by atoms with Gasteiger partial charge in [-0.1, -0.05) is 45.3 Å². The lowest BCUT2D eigenvalue weighted by molar-refractivity contribution is -0.109. The van der Waals surface area contributed by atoms with Crippen LogP contribution in [0.4, 0.5) is 0 Å². The van der Waals surface area contributed by atoms with Crippen LogP contribution in [-0.4, -0.2) is 6.29 Å². The summed E-state index contributed by atoms with van der Waals surface area (Å²) >= 11 is 0. The van der Waals surface area contributed by atoms with Crippen molar-refractivity contribution in [1.29, 1.82) is 0 Å². The number of aldehydes is 1. The Hall–Kier alpha value is -0.590. The van der Waals surface area contributed by atoms with Crippen LogP contribution < -0.4 is 0 Å². The summed E-state index contributed by atoms with van der Waals surface area (Å²) in [6.07, 6.45) is 10.1. The van der Waals surface area contributed by atoms with Gasteiger partial charge in [0.05, 0.1) is 0 Å². The van der Waals surface area contributed by atoms with Crippen LogP contribution in [0.25, 0.3) is 0 Å². The highest BCUT2D eigenvalue weighted by Crippen LogP contribution is 2.51. The van der Waals surface area contributed by atoms with Crippen molar-refractivity contribution in [2.75, 3.05) is 0 Å². The van der Waals surface area contributed by atoms with Gasteiger partial charge in [0.2, 0.25) is 0 Å². The Kier molecular flexibility index (Phi) is 3.23. The van der Waals surface area contributed by atoms with Gasteiger partial charge in [0.25, 0.3) is 0 Å². The van der Waals surface area contributed by atoms with E-state index in [1.807, 2.05) is 6.92 Å². The van der Waals surface area contributed by atoms with Crippen molar-refractivity contribution in [2.24, 2.45) is 23.2 Å². The molecule has 0 spiro atoms. The first-order valence-electron chi connectivity index (χ1n) is 6.73. The van der Waals surface area contributed by atoms with E-state index in [9.17, 15) is 4.79 Å². The summed E-state index contributed by atoms with van der Waals surface area (Å²) < 4.78 is 0. The van der Waals surface area contributed by atoms with E-state index < -0.39 is 0 Å². The molecule has 2 rings (SSSR count). The van der Waals surface area contributed by atoms with Crippen LogP contribution in [-0.2, 0) is 4.79 Å². The predicted octanol–water partition coefficient (Wildman–Crippen LogP) is 3.98. The van der Waals surface area contributed by atoms with Gasteiger partial charge in [0, 0.05) is 5.92 Å². The lowest BCUT2D eigenvalue weighted by Crippen LogP contribution is -2.37. The Morgan fingerprint density at radius 3 is 2.94 bits per heavy atom. The zero-order chi connectivity index (χ0) is 11.8. The molecule has 0 amide bonds. The third-order valence-electron chi connectivity index (χ3n) is 4.99. The van der Waals surface area contributed by atoms with Crippen molar-refractivity contribution in [3.63, 3.8) is 0 Å². The minimum atomic E-state index is 0.138. The average molecular weight is 220 g/mol. The molecule has 16 heavy (non-hydrogen) atoms. The lowest BCUT2D eigenvalue weighted by Gasteiger charge is -2.47. The Morgan fingerprint density at radius 2 is 2.25 bits per heavy atom. The number of rotatable bonds is 2. The molecule has 0 N–H and O–H groups in total. The van der Waals surface area contributed by atoms with Gasteiger partial charge in [-0.3, -0.25) is 0 Å². The molecule has 1 nitrogen and oxygen atoms in total. The van der Waals surface area contributed by atoms with E-state index in [2.05, 4.69) is 19.9 Å². The first-order chi connectivity index (χ1) is 7.57. The van der Waals surface area contributed by atoms with Crippen molar-refractivity contribution in [3.05, 3.63) is 11.6 Å². The molecule has 0 aromatic rings. The number of hydrogen-bond acceptors (Lipinski definition) is 1. The lowest BCUT2D eigenvalue weighted by atomic mass is 9.58. The van der Waals surface area contributed by atoms with Gasteiger partial charge in [-0.15, -0.1) is 0 Å². The average Bonchev–Trinajstić information content (AvgIpc) is 2.27. The molecule has 2 aliphatic rings. The Labute approximate surface area is 99.3 Å². The summed E-state index contributed by atoms with van der Waals surface area (Å²) in [5.74, 6) is 1.65. The fourth-order valence-corrected chi connectivity index (χ4v) is 3.73. The highest BCUT2D eigenvalue weighted by Gasteiger charge is 2.41. The summed E-state index contributed by atoms with van der Waals surface area (Å²) in [7, 11) is 0. The van der Waals surface area contributed by atoms with Gasteiger partial charge in [0.1, 0.15) is 6.29 Å². The van der Waals surface area contributed by atoms with Crippen molar-refractivity contribution in [3.8, 4) is 0 Å². The van der Waals surface area contributed by atoms with Gasteiger partial charge in [-0.25, -0.2) is 0 Å². The highest BCUT2D eigenvalue weighted by molar-refractivity contribution is 5.58. The third kappa shape index (κ3) is 1.97. The van der Waals surface area contributed by atoms with Gasteiger partial charge in [-0.2, -0.15) is 0 Å². The van der Waals surface area contributed by atoms with Gasteiger partial charge in [-0.05, 0) is 36.5 Å². The van der Waals surface area contributed by atoms with Crippen LogP contribution in [0.5, 0.6) is 0 Å². The second-order valence-corrected chi connectivity index (χ2v) is 6.22. The molecular weight excluding hydrogens is 196 g/mol. The molecule has 1 fully saturated rings. The van der Waals surface area contributed by atoms with E-state index in [0.717, 1.165) is 18.6 Å². The third-order valence-corrected chi connectivity index (χ3v) is 4.99. The topological polar surface area (TPSA) is 17.1 Å². The van der Waals surface area contributed by atoms with Gasteiger partial charge in [0.15, 0.2) is 0 Å². The van der Waals surface area contributed by atoms with Crippen LogP contribution >= 0.6 is 0 Å². The number of fused-ring (bicyclic) bond motifs is 1. The predicted molar refractivity (Wildman–Crippen MR) is 67.2 cm³/mol. The molecule has 2 aliphatic carbocycles. The fraction of sp³-hybridized carbons (Fsp3) is 0.800. The van der Waals surface area contributed by atoms with Gasteiger partial charge < -0.3 is 4.79 Å². The molecule has 0 bridgehead atoms. The van der Waals surface area contributed by atoms with Gasteiger partial charge >= 0.3 is 0 Å². The van der Waals surface area contributed by atoms with Crippen LogP contribution in [0.15, 0.2) is 11.6 Å². The molecule has 0 aromatic carbocycles. The van der Waals surface area contributed by atoms with Crippen molar-refractivity contribution in [1.82, 2.24) is 0 Å². The Morgan fingerprint density at radius 1 is 1.50 bits per heavy atom. The zero-order valence-electron chi connectivity index (χ0n) is 10.8. The quantitative estimate of drug-likeness (QED) is 0.508. The number of hydrogen-bond donors (Lipinski definition) is 0. The van der Waals surface area contributed by atoms with Crippen LogP contribution in [0.2, 0.25) is 0 Å². The fourth-order valence-electron chi connectivity index (χ4n) is 3.73. The normalized spacial score (nSPS) is 40.8. The van der Waals surface area contributed by atoms with Crippen molar-refractivity contribution >= 4 is 6.29 Å². The largest absolute Gasteiger partial charge is 0.303 e. The standard InChI is InChI=1S/C15H24O/c1-11-5-4-7-15(3)8-6-13(9-14(11)15)12(2)10-16/h9-12,14H,4-8H2,1-3H3. The maximum atomic E-state index is 10.9. The molecule has 1 saturated carbocycles. The molecule has 0 aromatic heterocycles. The maximum absolute atomic E-state index is 10.9. The smallest absolute Gasteiger partial charge is 0.126 e. The van der Waals surface area contributed by atoms with Crippen LogP contribution in [0.1, 0.15) is 52.9 Å². The molecule has 0 radical (unpaired) electrons. The minimum Gasteiger partial charge on any atom is -0.303 e. The summed E-state index contributed by atoms with van der Waals surface area (Å²) in [6.45, 7) is 6.87. The summed E-state index contributed by atoms with van der Waals surface area (Å²) in [5.41, 5.74) is 1.91. The minimum absolute atomic E-state index is 0.138. The molecule has 0 heterocycles. The van der Waals surface area contributed by atoms with E-state index in [1.54, 1.807) is 0 Å². The van der Waals surface area contributed by atoms with Crippen molar-refractivity contribution in [2.45, 2.75) is 52.9 Å². The monoisotopic (exact) mass is 220 g/mol. The molecular formula is C15H24O. The highest BCUT2D eigenvalue weighted by atomic mass is 16.1.